The normalized spacial score (nSPS) is 48.8. The maximum Gasteiger partial charge on any atom is 0.187 e. The number of ether oxygens (including phenoxy) is 10. The Hall–Kier alpha value is -0.840. The summed E-state index contributed by atoms with van der Waals surface area (Å²) in [5, 5.41) is 115. The molecule has 0 aliphatic carbocycles. The molecule has 0 aromatic heterocycles. The monoisotopic (exact) mass is 736 g/mol. The van der Waals surface area contributed by atoms with E-state index >= 15 is 0 Å². The van der Waals surface area contributed by atoms with Gasteiger partial charge >= 0.3 is 0 Å². The van der Waals surface area contributed by atoms with Crippen LogP contribution in [0, 0.1) is 0 Å². The van der Waals surface area contributed by atoms with Gasteiger partial charge in [-0.2, -0.15) is 0 Å². The van der Waals surface area contributed by atoms with Crippen LogP contribution in [0.3, 0.4) is 0 Å². The Kier molecular flexibility index (Phi) is 15.9. The van der Waals surface area contributed by atoms with Gasteiger partial charge in [-0.3, -0.25) is 0 Å². The molecule has 0 unspecified atom stereocenters. The fourth-order valence-electron chi connectivity index (χ4n) is 6.55. The van der Waals surface area contributed by atoms with Crippen molar-refractivity contribution in [3.63, 3.8) is 0 Å². The Labute approximate surface area is 287 Å². The maximum atomic E-state index is 11.4. The lowest BCUT2D eigenvalue weighted by molar-refractivity contribution is -0.381. The lowest BCUT2D eigenvalue weighted by Gasteiger charge is -2.49. The minimum Gasteiger partial charge on any atom is -0.394 e. The summed E-state index contributed by atoms with van der Waals surface area (Å²) in [6, 6.07) is 0. The first-order chi connectivity index (χ1) is 23.9. The van der Waals surface area contributed by atoms with Gasteiger partial charge in [-0.15, -0.1) is 0 Å². The first-order valence-electron chi connectivity index (χ1n) is 16.3. The van der Waals surface area contributed by atoms with E-state index in [2.05, 4.69) is 0 Å². The topological polar surface area (TPSA) is 315 Å². The largest absolute Gasteiger partial charge is 0.394 e. The molecule has 0 aromatic carbocycles. The molecule has 0 saturated carbocycles. The first-order valence-corrected chi connectivity index (χ1v) is 16.3. The van der Waals surface area contributed by atoms with Crippen LogP contribution in [0.25, 0.3) is 0 Å². The molecular weight excluding hydrogens is 684 g/mol. The molecule has 0 aromatic rings. The van der Waals surface area contributed by atoms with Crippen molar-refractivity contribution in [1.82, 2.24) is 0 Å². The second-order valence-electron chi connectivity index (χ2n) is 12.5. The molecule has 4 fully saturated rings. The predicted molar refractivity (Wildman–Crippen MR) is 158 cm³/mol. The van der Waals surface area contributed by atoms with Crippen LogP contribution in [0.15, 0.2) is 0 Å². The van der Waals surface area contributed by atoms with E-state index in [0.29, 0.717) is 0 Å². The molecule has 0 bridgehead atoms. The van der Waals surface area contributed by atoms with Crippen molar-refractivity contribution in [2.45, 2.75) is 130 Å². The van der Waals surface area contributed by atoms with Crippen LogP contribution >= 0.6 is 0 Å². The van der Waals surface area contributed by atoms with Crippen LogP contribution in [0.2, 0.25) is 0 Å². The second-order valence-corrected chi connectivity index (χ2v) is 12.5. The maximum absolute atomic E-state index is 11.4. The molecule has 4 aliphatic rings. The Bertz CT molecular complexity index is 995. The highest BCUT2D eigenvalue weighted by Crippen LogP contribution is 2.34. The molecule has 0 spiro atoms. The van der Waals surface area contributed by atoms with Gasteiger partial charge in [-0.25, -0.2) is 0 Å². The lowest BCUT2D eigenvalue weighted by Crippen LogP contribution is -2.67. The van der Waals surface area contributed by atoms with E-state index in [1.807, 2.05) is 0 Å². The van der Waals surface area contributed by atoms with Gasteiger partial charge in [0, 0.05) is 14.2 Å². The number of rotatable bonds is 15. The van der Waals surface area contributed by atoms with E-state index in [1.165, 1.54) is 21.1 Å². The van der Waals surface area contributed by atoms with Gasteiger partial charge in [0.15, 0.2) is 18.9 Å². The summed E-state index contributed by atoms with van der Waals surface area (Å²) in [5.41, 5.74) is 0. The summed E-state index contributed by atoms with van der Waals surface area (Å²) in [7, 11) is 2.50. The third kappa shape index (κ3) is 8.92. The fourth-order valence-corrected chi connectivity index (χ4v) is 6.55. The van der Waals surface area contributed by atoms with Gasteiger partial charge in [-0.1, -0.05) is 0 Å². The highest BCUT2D eigenvalue weighted by Gasteiger charge is 2.54. The lowest BCUT2D eigenvalue weighted by atomic mass is 9.94. The Morgan fingerprint density at radius 1 is 0.460 bits per heavy atom. The standard InChI is InChI=1S/C29H52O21/c1-10-15(34)16(35)24(13(8-33)45-10)49-28-20(39)18(37)25(50-29-26(43-5-4-30)21(40)23(42-3)12(7-32)47-29)14(48-28)9-44-27-19(38)17(36)22(41-2)11(6-31)46-27/h10-40H,4-9H2,1-3H3/t10-,11+,12-,13+,14+,15+,16+,17+,18+,19+,20+,21+,22+,23+,24-,25-,26+,27+,28-,29+/m1/s1. The van der Waals surface area contributed by atoms with E-state index in [4.69, 9.17) is 47.4 Å². The minimum absolute atomic E-state index is 0.296. The predicted octanol–water partition coefficient (Wildman–Crippen LogP) is -7.35. The quantitative estimate of drug-likeness (QED) is 0.0744. The first kappa shape index (κ1) is 41.9. The molecule has 0 radical (unpaired) electrons. The summed E-state index contributed by atoms with van der Waals surface area (Å²) in [5.74, 6) is 0. The van der Waals surface area contributed by atoms with E-state index in [1.54, 1.807) is 0 Å². The molecular formula is C29H52O21. The molecule has 4 saturated heterocycles. The summed E-state index contributed by atoms with van der Waals surface area (Å²) in [4.78, 5) is 0. The summed E-state index contributed by atoms with van der Waals surface area (Å²) >= 11 is 0. The van der Waals surface area contributed by atoms with E-state index in [9.17, 15) is 56.2 Å². The van der Waals surface area contributed by atoms with Crippen LogP contribution in [0.1, 0.15) is 6.92 Å². The van der Waals surface area contributed by atoms with Crippen LogP contribution in [0.4, 0.5) is 0 Å². The molecule has 11 N–H and O–H groups in total. The molecule has 50 heavy (non-hydrogen) atoms. The van der Waals surface area contributed by atoms with Gasteiger partial charge in [0.25, 0.3) is 0 Å². The van der Waals surface area contributed by atoms with Gasteiger partial charge in [0.1, 0.15) is 97.7 Å². The zero-order chi connectivity index (χ0) is 36.9. The summed E-state index contributed by atoms with van der Waals surface area (Å²) in [6.45, 7) is -1.88. The zero-order valence-corrected chi connectivity index (χ0v) is 27.8. The van der Waals surface area contributed by atoms with Crippen molar-refractivity contribution in [3.8, 4) is 0 Å². The van der Waals surface area contributed by atoms with Crippen LogP contribution in [-0.4, -0.2) is 233 Å². The molecule has 21 nitrogen and oxygen atoms in total. The fraction of sp³-hybridized carbons (Fsp3) is 1.00. The Morgan fingerprint density at radius 2 is 0.920 bits per heavy atom. The highest BCUT2D eigenvalue weighted by molar-refractivity contribution is 4.98. The van der Waals surface area contributed by atoms with Gasteiger partial charge in [-0.05, 0) is 6.92 Å². The smallest absolute Gasteiger partial charge is 0.187 e. The van der Waals surface area contributed by atoms with Crippen molar-refractivity contribution < 1.29 is 104 Å². The SMILES string of the molecule is CO[C@@H]1[C@@H](O)[C@H](O)[C@@H](OC[C@@H]2O[C@H](O[C@H]3[C@@H](O)[C@@H](O)[C@@H](C)O[C@H]3CO)[C@@H](O)[C@H](O)[C@@H]2O[C@@H]2O[C@H](CO)[C@H](OC)[C@H](O)[C@@H]2OCCO)O[C@H]1CO. The number of hydrogen-bond donors (Lipinski definition) is 11. The molecule has 20 atom stereocenters. The molecule has 21 heteroatoms. The van der Waals surface area contributed by atoms with Gasteiger partial charge in [0.05, 0.1) is 45.7 Å². The number of methoxy groups -OCH3 is 2. The molecule has 4 heterocycles. The second kappa shape index (κ2) is 19.0. The molecule has 294 valence electrons. The summed E-state index contributed by atoms with van der Waals surface area (Å²) < 4.78 is 56.4. The van der Waals surface area contributed by atoms with Crippen molar-refractivity contribution in [3.05, 3.63) is 0 Å². The van der Waals surface area contributed by atoms with Crippen LogP contribution in [-0.2, 0) is 47.4 Å². The highest BCUT2D eigenvalue weighted by atomic mass is 16.8. The van der Waals surface area contributed by atoms with Gasteiger partial charge in [0.2, 0.25) is 0 Å². The average Bonchev–Trinajstić information content (AvgIpc) is 3.11. The van der Waals surface area contributed by atoms with Crippen LogP contribution in [0.5, 0.6) is 0 Å². The minimum atomic E-state index is -1.95. The Morgan fingerprint density at radius 3 is 1.50 bits per heavy atom. The van der Waals surface area contributed by atoms with Crippen molar-refractivity contribution in [2.75, 3.05) is 53.9 Å². The molecule has 4 rings (SSSR count). The number of aliphatic hydroxyl groups excluding tert-OH is 11. The molecule has 4 aliphatic heterocycles. The number of aliphatic hydroxyl groups is 11. The third-order valence-electron chi connectivity index (χ3n) is 9.31. The van der Waals surface area contributed by atoms with Gasteiger partial charge < -0.3 is 104 Å². The van der Waals surface area contributed by atoms with Crippen LogP contribution < -0.4 is 0 Å². The van der Waals surface area contributed by atoms with Crippen molar-refractivity contribution in [2.24, 2.45) is 0 Å². The van der Waals surface area contributed by atoms with Crippen molar-refractivity contribution >= 4 is 0 Å². The van der Waals surface area contributed by atoms with Crippen molar-refractivity contribution in [1.29, 1.82) is 0 Å². The van der Waals surface area contributed by atoms with E-state index < -0.39 is 156 Å². The zero-order valence-electron chi connectivity index (χ0n) is 27.8. The van der Waals surface area contributed by atoms with E-state index in [-0.39, 0.29) is 6.61 Å². The average molecular weight is 737 g/mol. The van der Waals surface area contributed by atoms with E-state index in [0.717, 1.165) is 0 Å². The Balaban J connectivity index is 1.61. The third-order valence-corrected chi connectivity index (χ3v) is 9.31. The molecule has 0 amide bonds. The number of hydrogen-bond acceptors (Lipinski definition) is 21. The summed E-state index contributed by atoms with van der Waals surface area (Å²) in [6.07, 6.45) is -29.3.